The van der Waals surface area contributed by atoms with E-state index in [-0.39, 0.29) is 23.7 Å². The third-order valence-electron chi connectivity index (χ3n) is 3.25. The van der Waals surface area contributed by atoms with Crippen molar-refractivity contribution in [1.82, 2.24) is 9.97 Å². The van der Waals surface area contributed by atoms with Gasteiger partial charge in [-0.1, -0.05) is 6.92 Å². The predicted octanol–water partition coefficient (Wildman–Crippen LogP) is 1.82. The van der Waals surface area contributed by atoms with E-state index in [1.54, 1.807) is 0 Å². The first kappa shape index (κ1) is 15.4. The minimum Gasteiger partial charge on any atom is -0.372 e. The maximum Gasteiger partial charge on any atom is 0.353 e. The molecule has 1 aromatic heterocycles. The normalized spacial score (nSPS) is 22.1. The first-order chi connectivity index (χ1) is 10.0. The van der Waals surface area contributed by atoms with Crippen LogP contribution in [0.2, 0.25) is 0 Å². The Morgan fingerprint density at radius 1 is 1.43 bits per heavy atom. The molecule has 0 bridgehead atoms. The van der Waals surface area contributed by atoms with Crippen LogP contribution in [0.3, 0.4) is 0 Å². The highest BCUT2D eigenvalue weighted by Gasteiger charge is 2.31. The van der Waals surface area contributed by atoms with E-state index in [0.29, 0.717) is 25.5 Å². The van der Waals surface area contributed by atoms with E-state index in [2.05, 4.69) is 15.3 Å². The molecule has 0 radical (unpaired) electrons. The summed E-state index contributed by atoms with van der Waals surface area (Å²) in [7, 11) is 0. The number of hydrogen-bond donors (Lipinski definition) is 1. The molecule has 1 aromatic rings. The summed E-state index contributed by atoms with van der Waals surface area (Å²) in [5, 5.41) is 14.4. The summed E-state index contributed by atoms with van der Waals surface area (Å²) in [6.45, 7) is 7.68. The van der Waals surface area contributed by atoms with E-state index >= 15 is 0 Å². The van der Waals surface area contributed by atoms with E-state index in [1.807, 2.05) is 25.7 Å². The molecule has 1 aliphatic heterocycles. The summed E-state index contributed by atoms with van der Waals surface area (Å²) in [5.74, 6) is 0.634. The summed E-state index contributed by atoms with van der Waals surface area (Å²) in [6, 6.07) is 0. The fraction of sp³-hybridized carbons (Fsp3) is 0.692. The molecule has 21 heavy (non-hydrogen) atoms. The smallest absolute Gasteiger partial charge is 0.353 e. The Morgan fingerprint density at radius 2 is 2.10 bits per heavy atom. The van der Waals surface area contributed by atoms with Crippen LogP contribution < -0.4 is 10.2 Å². The number of nitro groups is 1. The molecule has 1 saturated heterocycles. The average molecular weight is 295 g/mol. The molecule has 0 unspecified atom stereocenters. The van der Waals surface area contributed by atoms with Crippen LogP contribution in [0.5, 0.6) is 0 Å². The molecule has 0 saturated carbocycles. The predicted molar refractivity (Wildman–Crippen MR) is 79.7 cm³/mol. The van der Waals surface area contributed by atoms with Crippen molar-refractivity contribution in [2.24, 2.45) is 0 Å². The Morgan fingerprint density at radius 3 is 2.67 bits per heavy atom. The topological polar surface area (TPSA) is 93.4 Å². The van der Waals surface area contributed by atoms with Crippen molar-refractivity contribution in [2.45, 2.75) is 39.4 Å². The highest BCUT2D eigenvalue weighted by molar-refractivity contribution is 5.70. The number of rotatable bonds is 5. The molecule has 1 aliphatic rings. The molecule has 0 spiro atoms. The van der Waals surface area contributed by atoms with Crippen molar-refractivity contribution in [1.29, 1.82) is 0 Å². The number of hydrogen-bond acceptors (Lipinski definition) is 7. The van der Waals surface area contributed by atoms with Gasteiger partial charge in [-0.3, -0.25) is 10.1 Å². The van der Waals surface area contributed by atoms with Gasteiger partial charge in [0, 0.05) is 19.6 Å². The second-order valence-corrected chi connectivity index (χ2v) is 5.24. The minimum atomic E-state index is -0.419. The maximum atomic E-state index is 11.4. The molecular formula is C13H21N5O3. The zero-order valence-corrected chi connectivity index (χ0v) is 12.6. The summed E-state index contributed by atoms with van der Waals surface area (Å²) in [6.07, 6.45) is 2.25. The lowest BCUT2D eigenvalue weighted by Crippen LogP contribution is -2.46. The van der Waals surface area contributed by atoms with Crippen molar-refractivity contribution in [3.8, 4) is 0 Å². The molecule has 0 aromatic carbocycles. The van der Waals surface area contributed by atoms with Gasteiger partial charge in [0.1, 0.15) is 6.33 Å². The third-order valence-corrected chi connectivity index (χ3v) is 3.25. The lowest BCUT2D eigenvalue weighted by atomic mass is 10.2. The molecule has 8 nitrogen and oxygen atoms in total. The van der Waals surface area contributed by atoms with Gasteiger partial charge in [0.2, 0.25) is 11.6 Å². The minimum absolute atomic E-state index is 0.00960. The Labute approximate surface area is 123 Å². The SMILES string of the molecule is CCCNc1ncnc(N2C[C@@H](C)O[C@@H](C)C2)c1[N+](=O)[O-]. The summed E-state index contributed by atoms with van der Waals surface area (Å²) in [5.41, 5.74) is -0.0627. The molecule has 2 heterocycles. The van der Waals surface area contributed by atoms with Gasteiger partial charge in [0.25, 0.3) is 0 Å². The fourth-order valence-corrected chi connectivity index (χ4v) is 2.49. The van der Waals surface area contributed by atoms with E-state index in [9.17, 15) is 10.1 Å². The average Bonchev–Trinajstić information content (AvgIpc) is 2.43. The van der Waals surface area contributed by atoms with Crippen LogP contribution in [0, 0.1) is 10.1 Å². The van der Waals surface area contributed by atoms with Crippen LogP contribution in [-0.4, -0.2) is 46.7 Å². The van der Waals surface area contributed by atoms with Crippen LogP contribution in [0.4, 0.5) is 17.3 Å². The van der Waals surface area contributed by atoms with Crippen LogP contribution in [-0.2, 0) is 4.74 Å². The summed E-state index contributed by atoms with van der Waals surface area (Å²) in [4.78, 5) is 21.1. The number of nitrogens with one attached hydrogen (secondary N) is 1. The van der Waals surface area contributed by atoms with Gasteiger partial charge in [0.15, 0.2) is 0 Å². The largest absolute Gasteiger partial charge is 0.372 e. The molecule has 2 atom stereocenters. The van der Waals surface area contributed by atoms with Crippen molar-refractivity contribution in [2.75, 3.05) is 29.9 Å². The molecule has 116 valence electrons. The molecule has 1 fully saturated rings. The lowest BCUT2D eigenvalue weighted by molar-refractivity contribution is -0.383. The van der Waals surface area contributed by atoms with Gasteiger partial charge in [-0.15, -0.1) is 0 Å². The van der Waals surface area contributed by atoms with Crippen molar-refractivity contribution < 1.29 is 9.66 Å². The van der Waals surface area contributed by atoms with Gasteiger partial charge in [-0.05, 0) is 20.3 Å². The Hall–Kier alpha value is -1.96. The molecule has 0 aliphatic carbocycles. The van der Waals surface area contributed by atoms with Gasteiger partial charge >= 0.3 is 5.69 Å². The monoisotopic (exact) mass is 295 g/mol. The zero-order valence-electron chi connectivity index (χ0n) is 12.6. The van der Waals surface area contributed by atoms with Gasteiger partial charge in [0.05, 0.1) is 17.1 Å². The fourth-order valence-electron chi connectivity index (χ4n) is 2.49. The number of anilines is 2. The van der Waals surface area contributed by atoms with Crippen LogP contribution in [0.25, 0.3) is 0 Å². The van der Waals surface area contributed by atoms with Crippen molar-refractivity contribution >= 4 is 17.3 Å². The number of aromatic nitrogens is 2. The first-order valence-electron chi connectivity index (χ1n) is 7.16. The van der Waals surface area contributed by atoms with Crippen molar-refractivity contribution in [3.05, 3.63) is 16.4 Å². The van der Waals surface area contributed by atoms with E-state index < -0.39 is 4.92 Å². The molecule has 1 N–H and O–H groups in total. The molecule has 2 rings (SSSR count). The van der Waals surface area contributed by atoms with Crippen LogP contribution >= 0.6 is 0 Å². The summed E-state index contributed by atoms with van der Waals surface area (Å²) < 4.78 is 5.66. The highest BCUT2D eigenvalue weighted by atomic mass is 16.6. The van der Waals surface area contributed by atoms with Gasteiger partial charge in [-0.2, -0.15) is 0 Å². The second-order valence-electron chi connectivity index (χ2n) is 5.24. The Bertz CT molecular complexity index is 501. The number of ether oxygens (including phenoxy) is 1. The Kier molecular flexibility index (Phi) is 4.89. The van der Waals surface area contributed by atoms with Gasteiger partial charge < -0.3 is 15.0 Å². The number of morpholine rings is 1. The molecule has 0 amide bonds. The number of nitrogens with zero attached hydrogens (tertiary/aromatic N) is 4. The zero-order chi connectivity index (χ0) is 15.4. The van der Waals surface area contributed by atoms with Crippen molar-refractivity contribution in [3.63, 3.8) is 0 Å². The maximum absolute atomic E-state index is 11.4. The standard InChI is InChI=1S/C13H21N5O3/c1-4-5-14-12-11(18(19)20)13(16-8-15-12)17-6-9(2)21-10(3)7-17/h8-10H,4-7H2,1-3H3,(H,14,15,16)/t9-,10+. The first-order valence-corrected chi connectivity index (χ1v) is 7.16. The molecular weight excluding hydrogens is 274 g/mol. The highest BCUT2D eigenvalue weighted by Crippen LogP contribution is 2.33. The quantitative estimate of drug-likeness (QED) is 0.654. The van der Waals surface area contributed by atoms with Crippen LogP contribution in [0.1, 0.15) is 27.2 Å². The summed E-state index contributed by atoms with van der Waals surface area (Å²) >= 11 is 0. The third kappa shape index (κ3) is 3.57. The van der Waals surface area contributed by atoms with E-state index in [4.69, 9.17) is 4.74 Å². The Balaban J connectivity index is 2.35. The van der Waals surface area contributed by atoms with E-state index in [0.717, 1.165) is 6.42 Å². The molecule has 8 heteroatoms. The van der Waals surface area contributed by atoms with Crippen LogP contribution in [0.15, 0.2) is 6.33 Å². The second kappa shape index (κ2) is 6.66. The lowest BCUT2D eigenvalue weighted by Gasteiger charge is -2.35. The van der Waals surface area contributed by atoms with Gasteiger partial charge in [-0.25, -0.2) is 9.97 Å². The van der Waals surface area contributed by atoms with E-state index in [1.165, 1.54) is 6.33 Å².